The lowest BCUT2D eigenvalue weighted by Gasteiger charge is -2.29. The number of ether oxygens (including phenoxy) is 1. The summed E-state index contributed by atoms with van der Waals surface area (Å²) in [5.41, 5.74) is 0.941. The Balaban J connectivity index is 1.58. The summed E-state index contributed by atoms with van der Waals surface area (Å²) in [7, 11) is 1.49. The molecule has 0 radical (unpaired) electrons. The van der Waals surface area contributed by atoms with E-state index in [1.54, 1.807) is 25.3 Å². The highest BCUT2D eigenvalue weighted by molar-refractivity contribution is 6.05. The van der Waals surface area contributed by atoms with E-state index < -0.39 is 17.6 Å². The maximum absolute atomic E-state index is 12.9. The van der Waals surface area contributed by atoms with Crippen molar-refractivity contribution in [1.29, 1.82) is 0 Å². The molecule has 152 valence electrons. The van der Waals surface area contributed by atoms with E-state index in [1.165, 1.54) is 16.7 Å². The molecule has 2 unspecified atom stereocenters. The Kier molecular flexibility index (Phi) is 4.67. The number of rotatable bonds is 5. The Labute approximate surface area is 166 Å². The highest BCUT2D eigenvalue weighted by Gasteiger charge is 2.39. The van der Waals surface area contributed by atoms with Crippen molar-refractivity contribution in [3.05, 3.63) is 41.2 Å². The molecular formula is C19H21N5O5. The number of imide groups is 1. The minimum Gasteiger partial charge on any atom is -0.381 e. The van der Waals surface area contributed by atoms with E-state index in [0.717, 1.165) is 5.56 Å². The van der Waals surface area contributed by atoms with Gasteiger partial charge in [0.25, 0.3) is 5.91 Å². The van der Waals surface area contributed by atoms with E-state index in [1.807, 2.05) is 6.07 Å². The monoisotopic (exact) mass is 399 g/mol. The van der Waals surface area contributed by atoms with E-state index in [0.29, 0.717) is 29.9 Å². The molecule has 1 fully saturated rings. The number of aliphatic hydroxyl groups is 1. The lowest BCUT2D eigenvalue weighted by molar-refractivity contribution is -0.136. The van der Waals surface area contributed by atoms with Gasteiger partial charge in [-0.15, -0.1) is 5.10 Å². The number of carbonyl (C=O) groups excluding carboxylic acids is 3. The third-order valence-corrected chi connectivity index (χ3v) is 5.25. The van der Waals surface area contributed by atoms with Gasteiger partial charge in [-0.1, -0.05) is 11.3 Å². The third kappa shape index (κ3) is 3.40. The van der Waals surface area contributed by atoms with Gasteiger partial charge in [-0.05, 0) is 31.0 Å². The zero-order chi connectivity index (χ0) is 20.8. The fourth-order valence-electron chi connectivity index (χ4n) is 3.68. The predicted octanol–water partition coefficient (Wildman–Crippen LogP) is -0.118. The highest BCUT2D eigenvalue weighted by Crippen LogP contribution is 2.29. The van der Waals surface area contributed by atoms with E-state index in [-0.39, 0.29) is 24.8 Å². The zero-order valence-corrected chi connectivity index (χ0v) is 16.1. The number of hydrogen-bond donors (Lipinski definition) is 2. The van der Waals surface area contributed by atoms with Gasteiger partial charge in [0.15, 0.2) is 0 Å². The molecule has 4 rings (SSSR count). The number of hydrogen-bond acceptors (Lipinski definition) is 7. The first-order chi connectivity index (χ1) is 13.8. The Morgan fingerprint density at radius 1 is 1.34 bits per heavy atom. The topological polar surface area (TPSA) is 127 Å². The Morgan fingerprint density at radius 3 is 2.86 bits per heavy atom. The average molecular weight is 399 g/mol. The average Bonchev–Trinajstić information content (AvgIpc) is 3.28. The van der Waals surface area contributed by atoms with Gasteiger partial charge in [0.2, 0.25) is 11.8 Å². The van der Waals surface area contributed by atoms with Crippen LogP contribution in [0.15, 0.2) is 24.4 Å². The lowest BCUT2D eigenvalue weighted by atomic mass is 10.0. The van der Waals surface area contributed by atoms with Gasteiger partial charge in [0, 0.05) is 25.6 Å². The van der Waals surface area contributed by atoms with E-state index in [4.69, 9.17) is 4.74 Å². The second kappa shape index (κ2) is 7.05. The lowest BCUT2D eigenvalue weighted by Crippen LogP contribution is -2.52. The molecule has 2 aliphatic heterocycles. The number of carbonyl (C=O) groups is 3. The van der Waals surface area contributed by atoms with Crippen LogP contribution in [0.2, 0.25) is 0 Å². The van der Waals surface area contributed by atoms with E-state index >= 15 is 0 Å². The van der Waals surface area contributed by atoms with Crippen molar-refractivity contribution >= 4 is 17.7 Å². The van der Waals surface area contributed by atoms with Crippen LogP contribution >= 0.6 is 0 Å². The van der Waals surface area contributed by atoms with Gasteiger partial charge in [-0.3, -0.25) is 19.7 Å². The largest absolute Gasteiger partial charge is 0.381 e. The second-order valence-corrected chi connectivity index (χ2v) is 7.50. The molecule has 10 heteroatoms. The van der Waals surface area contributed by atoms with Gasteiger partial charge in [0.05, 0.1) is 18.5 Å². The molecule has 3 heterocycles. The van der Waals surface area contributed by atoms with Gasteiger partial charge < -0.3 is 14.7 Å². The molecule has 1 saturated heterocycles. The number of amides is 3. The Bertz CT molecular complexity index is 999. The summed E-state index contributed by atoms with van der Waals surface area (Å²) in [6.45, 7) is 1.95. The molecule has 29 heavy (non-hydrogen) atoms. The van der Waals surface area contributed by atoms with Crippen LogP contribution in [0.3, 0.4) is 0 Å². The van der Waals surface area contributed by atoms with Crippen molar-refractivity contribution in [1.82, 2.24) is 25.2 Å². The molecule has 3 amide bonds. The van der Waals surface area contributed by atoms with Gasteiger partial charge >= 0.3 is 0 Å². The quantitative estimate of drug-likeness (QED) is 0.671. The van der Waals surface area contributed by atoms with Crippen LogP contribution in [0.1, 0.15) is 41.4 Å². The van der Waals surface area contributed by atoms with Crippen molar-refractivity contribution in [3.63, 3.8) is 0 Å². The molecule has 1 aromatic heterocycles. The third-order valence-electron chi connectivity index (χ3n) is 5.25. The van der Waals surface area contributed by atoms with Crippen molar-refractivity contribution in [3.8, 4) is 5.69 Å². The number of benzene rings is 1. The Morgan fingerprint density at radius 2 is 2.14 bits per heavy atom. The van der Waals surface area contributed by atoms with Gasteiger partial charge in [-0.25, -0.2) is 4.68 Å². The fourth-order valence-corrected chi connectivity index (χ4v) is 3.68. The summed E-state index contributed by atoms with van der Waals surface area (Å²) in [5.74, 6) is -1.02. The van der Waals surface area contributed by atoms with Crippen molar-refractivity contribution in [2.45, 2.75) is 38.0 Å². The molecule has 0 spiro atoms. The predicted molar refractivity (Wildman–Crippen MR) is 98.9 cm³/mol. The number of nitrogens with zero attached hydrogens (tertiary/aromatic N) is 4. The van der Waals surface area contributed by atoms with E-state index in [2.05, 4.69) is 15.6 Å². The minimum atomic E-state index is -1.29. The molecule has 2 atom stereocenters. The number of fused-ring (bicyclic) bond motifs is 1. The molecule has 2 aliphatic rings. The highest BCUT2D eigenvalue weighted by atomic mass is 16.5. The second-order valence-electron chi connectivity index (χ2n) is 7.50. The summed E-state index contributed by atoms with van der Waals surface area (Å²) >= 11 is 0. The van der Waals surface area contributed by atoms with Crippen molar-refractivity contribution < 1.29 is 24.2 Å². The smallest absolute Gasteiger partial charge is 0.255 e. The molecule has 1 aromatic carbocycles. The fraction of sp³-hybridized carbons (Fsp3) is 0.421. The molecule has 0 bridgehead atoms. The molecule has 10 nitrogen and oxygen atoms in total. The number of methoxy groups -OCH3 is 1. The van der Waals surface area contributed by atoms with Crippen LogP contribution in [-0.4, -0.2) is 62.5 Å². The van der Waals surface area contributed by atoms with Crippen LogP contribution in [0.25, 0.3) is 5.69 Å². The summed E-state index contributed by atoms with van der Waals surface area (Å²) < 4.78 is 6.48. The molecule has 2 N–H and O–H groups in total. The summed E-state index contributed by atoms with van der Waals surface area (Å²) in [6, 6.07) is 4.64. The van der Waals surface area contributed by atoms with Crippen LogP contribution in [-0.2, 0) is 26.5 Å². The number of piperidine rings is 1. The maximum atomic E-state index is 12.9. The summed E-state index contributed by atoms with van der Waals surface area (Å²) in [5, 5.41) is 20.7. The van der Waals surface area contributed by atoms with Crippen LogP contribution < -0.4 is 5.32 Å². The van der Waals surface area contributed by atoms with Gasteiger partial charge in [0.1, 0.15) is 17.3 Å². The van der Waals surface area contributed by atoms with Gasteiger partial charge in [-0.2, -0.15) is 0 Å². The summed E-state index contributed by atoms with van der Waals surface area (Å²) in [6.07, 6.45) is 2.11. The van der Waals surface area contributed by atoms with Crippen molar-refractivity contribution in [2.75, 3.05) is 13.7 Å². The van der Waals surface area contributed by atoms with Crippen LogP contribution in [0, 0.1) is 0 Å². The standard InChI is InChI=1S/C19H21N5O5/c1-19(28,10-29-2)15-9-24(22-21-15)12-4-3-11-8-23(18(27)13(11)7-12)14-5-6-16(25)20-17(14)26/h3-4,7,9,14,28H,5-6,8,10H2,1-2H3,(H,20,25,26). The normalized spacial score (nSPS) is 21.1. The van der Waals surface area contributed by atoms with E-state index in [9.17, 15) is 19.5 Å². The van der Waals surface area contributed by atoms with Crippen LogP contribution in [0.4, 0.5) is 0 Å². The number of aromatic nitrogens is 3. The van der Waals surface area contributed by atoms with Crippen molar-refractivity contribution in [2.24, 2.45) is 0 Å². The molecular weight excluding hydrogens is 378 g/mol. The first-order valence-corrected chi connectivity index (χ1v) is 9.22. The Hall–Kier alpha value is -3.11. The molecule has 2 aromatic rings. The minimum absolute atomic E-state index is 0.0648. The SMILES string of the molecule is COCC(C)(O)c1cn(-c2ccc3c(c2)C(=O)N(C2CCC(=O)NC2=O)C3)nn1. The summed E-state index contributed by atoms with van der Waals surface area (Å²) in [4.78, 5) is 37.9. The number of nitrogens with one attached hydrogen (secondary N) is 1. The molecule has 0 aliphatic carbocycles. The van der Waals surface area contributed by atoms with Crippen LogP contribution in [0.5, 0.6) is 0 Å². The zero-order valence-electron chi connectivity index (χ0n) is 16.1. The maximum Gasteiger partial charge on any atom is 0.255 e. The first-order valence-electron chi connectivity index (χ1n) is 9.22. The first kappa shape index (κ1) is 19.2. The molecule has 0 saturated carbocycles.